The fraction of sp³-hybridized carbons (Fsp3) is 1.00. The lowest BCUT2D eigenvalue weighted by atomic mass is 9.62. The summed E-state index contributed by atoms with van der Waals surface area (Å²) in [4.78, 5) is 0. The van der Waals surface area contributed by atoms with Crippen molar-refractivity contribution in [3.63, 3.8) is 0 Å². The fourth-order valence-electron chi connectivity index (χ4n) is 7.40. The predicted octanol–water partition coefficient (Wildman–Crippen LogP) is 3.32. The van der Waals surface area contributed by atoms with E-state index in [1.165, 1.54) is 57.8 Å². The van der Waals surface area contributed by atoms with Crippen molar-refractivity contribution in [1.29, 1.82) is 0 Å². The molecule has 0 aromatic carbocycles. The molecule has 0 aromatic rings. The molecule has 9 unspecified atom stereocenters. The minimum atomic E-state index is 0.849. The van der Waals surface area contributed by atoms with Gasteiger partial charge in [0.15, 0.2) is 0 Å². The number of hydrogen-bond donors (Lipinski definition) is 2. The summed E-state index contributed by atoms with van der Waals surface area (Å²) >= 11 is 0. The minimum Gasteiger partial charge on any atom is -0.311 e. The van der Waals surface area contributed by atoms with Gasteiger partial charge in [-0.25, -0.2) is 0 Å². The Hall–Kier alpha value is -0.0800. The summed E-state index contributed by atoms with van der Waals surface area (Å²) in [6.45, 7) is 2.59. The molecular weight excluding hydrogens is 256 g/mol. The van der Waals surface area contributed by atoms with Crippen LogP contribution in [-0.2, 0) is 0 Å². The Morgan fingerprint density at radius 2 is 1.33 bits per heavy atom. The lowest BCUT2D eigenvalue weighted by molar-refractivity contribution is 0.0949. The van der Waals surface area contributed by atoms with E-state index in [9.17, 15) is 0 Å². The van der Waals surface area contributed by atoms with E-state index in [1.54, 1.807) is 0 Å². The molecule has 0 aromatic heterocycles. The van der Waals surface area contributed by atoms with E-state index in [4.69, 9.17) is 0 Å². The van der Waals surface area contributed by atoms with Crippen molar-refractivity contribution in [3.05, 3.63) is 0 Å². The van der Waals surface area contributed by atoms with Crippen molar-refractivity contribution in [2.75, 3.05) is 0 Å². The van der Waals surface area contributed by atoms with Crippen molar-refractivity contribution < 1.29 is 0 Å². The van der Waals surface area contributed by atoms with Gasteiger partial charge in [-0.15, -0.1) is 0 Å². The van der Waals surface area contributed by atoms with E-state index in [0.29, 0.717) is 0 Å². The summed E-state index contributed by atoms with van der Waals surface area (Å²) in [5.41, 5.74) is 0. The first-order valence-corrected chi connectivity index (χ1v) is 9.85. The van der Waals surface area contributed by atoms with Gasteiger partial charge in [0.25, 0.3) is 0 Å². The molecule has 2 N–H and O–H groups in total. The predicted molar refractivity (Wildman–Crippen MR) is 86.1 cm³/mol. The van der Waals surface area contributed by atoms with Gasteiger partial charge in [0, 0.05) is 24.2 Å². The Bertz CT molecular complexity index is 406. The molecule has 0 bridgehead atoms. The zero-order chi connectivity index (χ0) is 14.0. The first-order chi connectivity index (χ1) is 10.3. The van der Waals surface area contributed by atoms with Gasteiger partial charge < -0.3 is 10.6 Å². The van der Waals surface area contributed by atoms with Crippen LogP contribution in [0.3, 0.4) is 0 Å². The quantitative estimate of drug-likeness (QED) is 0.714. The van der Waals surface area contributed by atoms with Gasteiger partial charge in [0.2, 0.25) is 0 Å². The van der Waals surface area contributed by atoms with E-state index >= 15 is 0 Å². The van der Waals surface area contributed by atoms with Gasteiger partial charge in [-0.3, -0.25) is 0 Å². The zero-order valence-electron chi connectivity index (χ0n) is 13.6. The van der Waals surface area contributed by atoms with Gasteiger partial charge in [-0.1, -0.05) is 32.6 Å². The Morgan fingerprint density at radius 3 is 2.14 bits per heavy atom. The first kappa shape index (κ1) is 13.4. The van der Waals surface area contributed by atoms with Crippen LogP contribution in [-0.4, -0.2) is 24.2 Å². The molecule has 5 rings (SSSR count). The third-order valence-corrected chi connectivity index (χ3v) is 8.14. The molecular formula is C19H32N2. The second kappa shape index (κ2) is 4.96. The SMILES string of the molecule is CC1C2NC3CCCCC3C2CC2NC3CCCCC3C21. The van der Waals surface area contributed by atoms with Crippen molar-refractivity contribution >= 4 is 0 Å². The van der Waals surface area contributed by atoms with Crippen LogP contribution in [0.2, 0.25) is 0 Å². The van der Waals surface area contributed by atoms with Crippen LogP contribution in [0.1, 0.15) is 64.7 Å². The van der Waals surface area contributed by atoms with Crippen LogP contribution >= 0.6 is 0 Å². The molecule has 5 fully saturated rings. The average Bonchev–Trinajstić information content (AvgIpc) is 3.06. The molecule has 21 heavy (non-hydrogen) atoms. The topological polar surface area (TPSA) is 24.1 Å². The lowest BCUT2D eigenvalue weighted by Gasteiger charge is -2.44. The van der Waals surface area contributed by atoms with Crippen LogP contribution in [0.25, 0.3) is 0 Å². The monoisotopic (exact) mass is 288 g/mol. The van der Waals surface area contributed by atoms with Crippen LogP contribution in [0.4, 0.5) is 0 Å². The van der Waals surface area contributed by atoms with Crippen molar-refractivity contribution in [3.8, 4) is 0 Å². The Morgan fingerprint density at radius 1 is 0.667 bits per heavy atom. The Labute approximate surface area is 129 Å². The molecule has 2 aliphatic heterocycles. The standard InChI is InChI=1S/C19H32N2/c1-11-18-13-7-3-5-9-16(13)20-17(18)10-14-12-6-2-4-8-15(12)21-19(11)14/h11-21H,2-10H2,1H3. The molecule has 0 radical (unpaired) electrons. The van der Waals surface area contributed by atoms with Crippen LogP contribution in [0.5, 0.6) is 0 Å². The maximum Gasteiger partial charge on any atom is 0.0131 e. The van der Waals surface area contributed by atoms with E-state index in [1.807, 2.05) is 0 Å². The number of nitrogens with one attached hydrogen (secondary N) is 2. The Balaban J connectivity index is 1.41. The van der Waals surface area contributed by atoms with E-state index < -0.39 is 0 Å². The number of hydrogen-bond acceptors (Lipinski definition) is 2. The van der Waals surface area contributed by atoms with Crippen LogP contribution in [0, 0.1) is 29.6 Å². The zero-order valence-corrected chi connectivity index (χ0v) is 13.6. The maximum absolute atomic E-state index is 4.12. The maximum atomic E-state index is 4.12. The molecule has 0 amide bonds. The summed E-state index contributed by atoms with van der Waals surface area (Å²) < 4.78 is 0. The van der Waals surface area contributed by atoms with Gasteiger partial charge >= 0.3 is 0 Å². The third-order valence-electron chi connectivity index (χ3n) is 8.14. The molecule has 3 aliphatic carbocycles. The summed E-state index contributed by atoms with van der Waals surface area (Å²) in [6.07, 6.45) is 13.3. The van der Waals surface area contributed by atoms with Crippen LogP contribution in [0.15, 0.2) is 0 Å². The minimum absolute atomic E-state index is 0.849. The van der Waals surface area contributed by atoms with Gasteiger partial charge in [-0.05, 0) is 61.7 Å². The molecule has 5 aliphatic rings. The highest BCUT2D eigenvalue weighted by molar-refractivity contribution is 5.12. The second-order valence-electron chi connectivity index (χ2n) is 8.91. The van der Waals surface area contributed by atoms with Gasteiger partial charge in [0.1, 0.15) is 0 Å². The van der Waals surface area contributed by atoms with Gasteiger partial charge in [-0.2, -0.15) is 0 Å². The highest BCUT2D eigenvalue weighted by Gasteiger charge is 2.56. The lowest BCUT2D eigenvalue weighted by Crippen LogP contribution is -2.50. The second-order valence-corrected chi connectivity index (χ2v) is 8.91. The molecule has 0 spiro atoms. The molecule has 3 saturated carbocycles. The molecule has 2 nitrogen and oxygen atoms in total. The normalized spacial score (nSPS) is 59.0. The third kappa shape index (κ3) is 1.91. The van der Waals surface area contributed by atoms with E-state index in [2.05, 4.69) is 17.6 Å². The van der Waals surface area contributed by atoms with E-state index in [0.717, 1.165) is 53.8 Å². The highest BCUT2D eigenvalue weighted by Crippen LogP contribution is 2.53. The molecule has 2 saturated heterocycles. The summed E-state index contributed by atoms with van der Waals surface area (Å²) in [5, 5.41) is 8.23. The number of fused-ring (bicyclic) bond motifs is 6. The smallest absolute Gasteiger partial charge is 0.0131 e. The van der Waals surface area contributed by atoms with E-state index in [-0.39, 0.29) is 0 Å². The molecule has 118 valence electrons. The van der Waals surface area contributed by atoms with Crippen molar-refractivity contribution in [2.24, 2.45) is 29.6 Å². The largest absolute Gasteiger partial charge is 0.311 e. The molecule has 9 atom stereocenters. The molecule has 2 heterocycles. The summed E-state index contributed by atoms with van der Waals surface area (Å²) in [6, 6.07) is 3.45. The van der Waals surface area contributed by atoms with Gasteiger partial charge in [0.05, 0.1) is 0 Å². The van der Waals surface area contributed by atoms with Crippen LogP contribution < -0.4 is 10.6 Å². The summed E-state index contributed by atoms with van der Waals surface area (Å²) in [7, 11) is 0. The fourth-order valence-corrected chi connectivity index (χ4v) is 7.40. The first-order valence-electron chi connectivity index (χ1n) is 9.85. The average molecular weight is 288 g/mol. The molecule has 2 heteroatoms. The highest BCUT2D eigenvalue weighted by atomic mass is 15.1. The van der Waals surface area contributed by atoms with Crippen molar-refractivity contribution in [1.82, 2.24) is 10.6 Å². The summed E-state index contributed by atoms with van der Waals surface area (Å²) in [5.74, 6) is 4.88. The number of rotatable bonds is 0. The Kier molecular flexibility index (Phi) is 3.16. The van der Waals surface area contributed by atoms with Crippen molar-refractivity contribution in [2.45, 2.75) is 88.9 Å².